The fourth-order valence-corrected chi connectivity index (χ4v) is 6.98. The van der Waals surface area contributed by atoms with Crippen molar-refractivity contribution < 1.29 is 23.9 Å². The quantitative estimate of drug-likeness (QED) is 0.121. The number of carbonyl (C=O) groups is 4. The Morgan fingerprint density at radius 3 is 2.34 bits per heavy atom. The van der Waals surface area contributed by atoms with Gasteiger partial charge in [-0.2, -0.15) is 0 Å². The number of halogens is 1. The molecule has 1 aliphatic carbocycles. The number of benzene rings is 3. The van der Waals surface area contributed by atoms with Gasteiger partial charge in [-0.15, -0.1) is 0 Å². The molecule has 1 aromatic heterocycles. The van der Waals surface area contributed by atoms with E-state index in [1.54, 1.807) is 42.5 Å². The summed E-state index contributed by atoms with van der Waals surface area (Å²) in [5, 5.41) is 0.603. The topological polar surface area (TPSA) is 93.6 Å². The number of aryl methyl sites for hydroxylation is 3. The molecule has 2 fully saturated rings. The fourth-order valence-electron chi connectivity index (χ4n) is 6.41. The minimum Gasteiger partial charge on any atom is -0.454 e. The van der Waals surface area contributed by atoms with E-state index in [0.29, 0.717) is 39.3 Å². The van der Waals surface area contributed by atoms with Crippen LogP contribution in [0, 0.1) is 38.5 Å². The van der Waals surface area contributed by atoms with E-state index in [0.717, 1.165) is 40.4 Å². The first-order valence-corrected chi connectivity index (χ1v) is 15.7. The second kappa shape index (κ2) is 11.7. The normalized spacial score (nSPS) is 19.8. The molecule has 224 valence electrons. The van der Waals surface area contributed by atoms with Crippen molar-refractivity contribution in [3.63, 3.8) is 0 Å². The van der Waals surface area contributed by atoms with Crippen molar-refractivity contribution in [2.45, 2.75) is 47.0 Å². The van der Waals surface area contributed by atoms with Crippen molar-refractivity contribution >= 4 is 56.1 Å². The van der Waals surface area contributed by atoms with Crippen molar-refractivity contribution in [3.05, 3.63) is 93.0 Å². The van der Waals surface area contributed by atoms with Crippen LogP contribution >= 0.6 is 15.9 Å². The Balaban J connectivity index is 1.30. The maximum absolute atomic E-state index is 13.5. The average Bonchev–Trinajstić information content (AvgIpc) is 3.25. The van der Waals surface area contributed by atoms with E-state index in [2.05, 4.69) is 22.9 Å². The van der Waals surface area contributed by atoms with E-state index >= 15 is 0 Å². The van der Waals surface area contributed by atoms with Crippen LogP contribution < -0.4 is 4.90 Å². The summed E-state index contributed by atoms with van der Waals surface area (Å²) in [6, 6.07) is 17.9. The summed E-state index contributed by atoms with van der Waals surface area (Å²) in [5.74, 6) is -1.20. The summed E-state index contributed by atoms with van der Waals surface area (Å²) >= 11 is 3.52. The van der Waals surface area contributed by atoms with E-state index in [1.165, 1.54) is 4.90 Å². The molecule has 3 aromatic carbocycles. The lowest BCUT2D eigenvalue weighted by molar-refractivity contribution is -0.122. The largest absolute Gasteiger partial charge is 0.454 e. The lowest BCUT2D eigenvalue weighted by atomic mass is 9.76. The predicted octanol–water partition coefficient (Wildman–Crippen LogP) is 7.55. The smallest absolute Gasteiger partial charge is 0.339 e. The molecule has 2 amide bonds. The predicted molar refractivity (Wildman–Crippen MR) is 173 cm³/mol. The van der Waals surface area contributed by atoms with Crippen LogP contribution in [0.4, 0.5) is 5.69 Å². The number of carbonyl (C=O) groups excluding carboxylic acids is 4. The molecular weight excluding hydrogens is 620 g/mol. The van der Waals surface area contributed by atoms with Crippen molar-refractivity contribution in [3.8, 4) is 11.3 Å². The SMILES string of the molecule is Cc1ccc(C(=O)COC(=O)c2cc(-c3ccc(N4C(=O)C5CCC(C)CC5C4=O)cc3)nc3c(C)cc(Br)cc23)cc1C. The molecule has 3 atom stereocenters. The maximum Gasteiger partial charge on any atom is 0.339 e. The lowest BCUT2D eigenvalue weighted by Gasteiger charge is -2.25. The van der Waals surface area contributed by atoms with Gasteiger partial charge in [-0.05, 0) is 99.0 Å². The zero-order chi connectivity index (χ0) is 31.3. The van der Waals surface area contributed by atoms with Crippen molar-refractivity contribution in [1.29, 1.82) is 0 Å². The summed E-state index contributed by atoms with van der Waals surface area (Å²) in [6.45, 7) is 7.57. The number of aromatic nitrogens is 1. The van der Waals surface area contributed by atoms with Gasteiger partial charge < -0.3 is 4.74 Å². The molecule has 1 saturated heterocycles. The first-order chi connectivity index (χ1) is 21.0. The summed E-state index contributed by atoms with van der Waals surface area (Å²) in [5.41, 5.74) is 6.11. The summed E-state index contributed by atoms with van der Waals surface area (Å²) in [4.78, 5) is 58.9. The highest BCUT2D eigenvalue weighted by atomic mass is 79.9. The highest BCUT2D eigenvalue weighted by Crippen LogP contribution is 2.42. The second-order valence-corrected chi connectivity index (χ2v) is 13.1. The van der Waals surface area contributed by atoms with Gasteiger partial charge in [0.25, 0.3) is 0 Å². The monoisotopic (exact) mass is 652 g/mol. The summed E-state index contributed by atoms with van der Waals surface area (Å²) < 4.78 is 6.33. The van der Waals surface area contributed by atoms with E-state index in [1.807, 2.05) is 39.0 Å². The molecule has 7 nitrogen and oxygen atoms in total. The molecular formula is C36H33BrN2O5. The molecule has 3 unspecified atom stereocenters. The number of fused-ring (bicyclic) bond motifs is 2. The zero-order valence-corrected chi connectivity index (χ0v) is 26.7. The Morgan fingerprint density at radius 2 is 1.61 bits per heavy atom. The highest BCUT2D eigenvalue weighted by Gasteiger charge is 2.49. The summed E-state index contributed by atoms with van der Waals surface area (Å²) in [6.07, 6.45) is 2.45. The first kappa shape index (κ1) is 29.9. The zero-order valence-electron chi connectivity index (χ0n) is 25.1. The van der Waals surface area contributed by atoms with Gasteiger partial charge in [-0.3, -0.25) is 19.3 Å². The maximum atomic E-state index is 13.5. The molecule has 1 aliphatic heterocycles. The third-order valence-electron chi connectivity index (χ3n) is 9.06. The van der Waals surface area contributed by atoms with Crippen LogP contribution in [-0.4, -0.2) is 35.2 Å². The van der Waals surface area contributed by atoms with Crippen LogP contribution in [0.5, 0.6) is 0 Å². The van der Waals surface area contributed by atoms with Gasteiger partial charge in [0.05, 0.1) is 34.3 Å². The average molecular weight is 654 g/mol. The second-order valence-electron chi connectivity index (χ2n) is 12.2. The van der Waals surface area contributed by atoms with Crippen LogP contribution in [0.15, 0.2) is 65.1 Å². The number of pyridine rings is 1. The Labute approximate surface area is 264 Å². The van der Waals surface area contributed by atoms with Gasteiger partial charge in [0.1, 0.15) is 0 Å². The number of amides is 2. The standard InChI is InChI=1S/C36H33BrN2O5/c1-19-5-12-27-29(13-19)35(42)39(34(27)41)26-10-8-23(9-11-26)31-17-30(28-16-25(37)15-22(4)33(28)38-31)36(43)44-18-32(40)24-7-6-20(2)21(3)14-24/h6-11,14-17,19,27,29H,5,12-13,18H2,1-4H3. The molecule has 6 rings (SSSR count). The Bertz CT molecular complexity index is 1850. The van der Waals surface area contributed by atoms with E-state index < -0.39 is 5.97 Å². The van der Waals surface area contributed by atoms with Gasteiger partial charge in [0.15, 0.2) is 12.4 Å². The van der Waals surface area contributed by atoms with Gasteiger partial charge in [0, 0.05) is 21.0 Å². The molecule has 0 spiro atoms. The number of nitrogens with zero attached hydrogens (tertiary/aromatic N) is 2. The van der Waals surface area contributed by atoms with E-state index in [-0.39, 0.29) is 41.6 Å². The molecule has 8 heteroatoms. The number of esters is 1. The molecule has 0 radical (unpaired) electrons. The molecule has 2 aliphatic rings. The third-order valence-corrected chi connectivity index (χ3v) is 9.52. The van der Waals surface area contributed by atoms with Crippen molar-refractivity contribution in [2.24, 2.45) is 17.8 Å². The first-order valence-electron chi connectivity index (χ1n) is 14.9. The van der Waals surface area contributed by atoms with E-state index in [9.17, 15) is 19.2 Å². The molecule has 2 heterocycles. The molecule has 1 saturated carbocycles. The minimum absolute atomic E-state index is 0.120. The number of Topliss-reactive ketones (excluding diaryl/α,β-unsaturated/α-hetero) is 1. The Morgan fingerprint density at radius 1 is 0.886 bits per heavy atom. The number of rotatable bonds is 6. The van der Waals surface area contributed by atoms with Crippen LogP contribution in [0.25, 0.3) is 22.2 Å². The molecule has 0 bridgehead atoms. The number of ether oxygens (including phenoxy) is 1. The minimum atomic E-state index is -0.630. The van der Waals surface area contributed by atoms with Crippen molar-refractivity contribution in [1.82, 2.24) is 4.98 Å². The number of ketones is 1. The van der Waals surface area contributed by atoms with Gasteiger partial charge in [0.2, 0.25) is 11.8 Å². The van der Waals surface area contributed by atoms with Gasteiger partial charge >= 0.3 is 5.97 Å². The number of hydrogen-bond donors (Lipinski definition) is 0. The van der Waals surface area contributed by atoms with Crippen LogP contribution in [-0.2, 0) is 14.3 Å². The van der Waals surface area contributed by atoms with E-state index in [4.69, 9.17) is 9.72 Å². The van der Waals surface area contributed by atoms with Crippen LogP contribution in [0.1, 0.15) is 63.6 Å². The summed E-state index contributed by atoms with van der Waals surface area (Å²) in [7, 11) is 0. The Hall–Kier alpha value is -4.17. The van der Waals surface area contributed by atoms with Gasteiger partial charge in [-0.25, -0.2) is 9.78 Å². The number of imide groups is 1. The number of hydrogen-bond acceptors (Lipinski definition) is 6. The fraction of sp³-hybridized carbons (Fsp3) is 0.306. The molecule has 4 aromatic rings. The van der Waals surface area contributed by atoms with Gasteiger partial charge in [-0.1, -0.05) is 47.1 Å². The Kier molecular flexibility index (Phi) is 7.97. The highest BCUT2D eigenvalue weighted by molar-refractivity contribution is 9.10. The molecule has 0 N–H and O–H groups in total. The van der Waals surface area contributed by atoms with Crippen LogP contribution in [0.2, 0.25) is 0 Å². The van der Waals surface area contributed by atoms with Crippen molar-refractivity contribution in [2.75, 3.05) is 11.5 Å². The lowest BCUT2D eigenvalue weighted by Crippen LogP contribution is -2.30. The number of anilines is 1. The van der Waals surface area contributed by atoms with Crippen LogP contribution in [0.3, 0.4) is 0 Å². The molecule has 44 heavy (non-hydrogen) atoms. The third kappa shape index (κ3) is 5.47.